The van der Waals surface area contributed by atoms with Gasteiger partial charge in [0.15, 0.2) is 0 Å². The first-order valence-electron chi connectivity index (χ1n) is 11.1. The largest absolute Gasteiger partial charge is 0.444 e. The first-order valence-corrected chi connectivity index (χ1v) is 13.3. The molecule has 0 aliphatic rings. The lowest BCUT2D eigenvalue weighted by Crippen LogP contribution is -2.38. The quantitative estimate of drug-likeness (QED) is 0.170. The van der Waals surface area contributed by atoms with Crippen molar-refractivity contribution < 1.29 is 14.3 Å². The molecule has 1 heterocycles. The van der Waals surface area contributed by atoms with Crippen molar-refractivity contribution in [2.45, 2.75) is 70.0 Å². The molecule has 188 valence electrons. The number of nitrogens with zero attached hydrogens (tertiary/aromatic N) is 3. The summed E-state index contributed by atoms with van der Waals surface area (Å²) in [7, 11) is 1.66. The molecule has 1 aromatic rings. The average molecular weight is 499 g/mol. The third-order valence-corrected chi connectivity index (χ3v) is 6.07. The van der Waals surface area contributed by atoms with Crippen molar-refractivity contribution in [3.05, 3.63) is 30.1 Å². The molecule has 2 N–H and O–H groups in total. The Bertz CT molecular complexity index is 750. The number of carbonyl (C=O) groups excluding carboxylic acids is 1. The van der Waals surface area contributed by atoms with Gasteiger partial charge in [0.25, 0.3) is 0 Å². The van der Waals surface area contributed by atoms with E-state index in [-0.39, 0.29) is 6.09 Å². The number of amides is 1. The predicted molar refractivity (Wildman–Crippen MR) is 142 cm³/mol. The molecule has 0 radical (unpaired) electrons. The zero-order valence-corrected chi connectivity index (χ0v) is 23.1. The van der Waals surface area contributed by atoms with E-state index in [0.717, 1.165) is 28.6 Å². The molecule has 1 rings (SSSR count). The van der Waals surface area contributed by atoms with E-state index in [1.165, 1.54) is 5.57 Å². The average Bonchev–Trinajstić information content (AvgIpc) is 2.76. The highest BCUT2D eigenvalue weighted by atomic mass is 32.2. The molecule has 9 heteroatoms. The van der Waals surface area contributed by atoms with Crippen molar-refractivity contribution in [3.63, 3.8) is 0 Å². The van der Waals surface area contributed by atoms with Crippen LogP contribution >= 0.6 is 23.5 Å². The normalized spacial score (nSPS) is 11.8. The van der Waals surface area contributed by atoms with Crippen LogP contribution in [0.25, 0.3) is 0 Å². The Balaban J connectivity index is 0.000000629. The van der Waals surface area contributed by atoms with Crippen molar-refractivity contribution >= 4 is 35.3 Å². The van der Waals surface area contributed by atoms with E-state index in [2.05, 4.69) is 23.0 Å². The molecule has 33 heavy (non-hydrogen) atoms. The van der Waals surface area contributed by atoms with Gasteiger partial charge in [-0.1, -0.05) is 35.6 Å². The van der Waals surface area contributed by atoms with Gasteiger partial charge >= 0.3 is 6.09 Å². The minimum atomic E-state index is -0.447. The van der Waals surface area contributed by atoms with E-state index in [1.54, 1.807) is 41.9 Å². The Morgan fingerprint density at radius 3 is 2.42 bits per heavy atom. The van der Waals surface area contributed by atoms with Crippen molar-refractivity contribution in [1.29, 1.82) is 0 Å². The summed E-state index contributed by atoms with van der Waals surface area (Å²) in [5.74, 6) is 0.922. The summed E-state index contributed by atoms with van der Waals surface area (Å²) in [5, 5.41) is 1.72. The van der Waals surface area contributed by atoms with Gasteiger partial charge in [-0.25, -0.2) is 14.8 Å². The maximum absolute atomic E-state index is 12.0. The molecule has 0 atom stereocenters. The molecule has 0 aromatic carbocycles. The minimum Gasteiger partial charge on any atom is -0.444 e. The van der Waals surface area contributed by atoms with Gasteiger partial charge < -0.3 is 20.1 Å². The number of hydrogen-bond acceptors (Lipinski definition) is 8. The highest BCUT2D eigenvalue weighted by Crippen LogP contribution is 2.29. The van der Waals surface area contributed by atoms with Gasteiger partial charge in [-0.2, -0.15) is 0 Å². The van der Waals surface area contributed by atoms with E-state index < -0.39 is 5.60 Å². The second-order valence-electron chi connectivity index (χ2n) is 8.20. The summed E-state index contributed by atoms with van der Waals surface area (Å²) in [6, 6.07) is 0. The number of allylic oxidation sites excluding steroid dienone is 2. The Morgan fingerprint density at radius 2 is 1.88 bits per heavy atom. The summed E-state index contributed by atoms with van der Waals surface area (Å²) in [4.78, 5) is 22.0. The number of carbonyl (C=O) groups is 1. The fourth-order valence-electron chi connectivity index (χ4n) is 2.33. The molecule has 7 nitrogen and oxygen atoms in total. The highest BCUT2D eigenvalue weighted by molar-refractivity contribution is 8.00. The summed E-state index contributed by atoms with van der Waals surface area (Å²) >= 11 is 3.20. The van der Waals surface area contributed by atoms with Gasteiger partial charge in [0, 0.05) is 32.6 Å². The van der Waals surface area contributed by atoms with Crippen LogP contribution in [-0.4, -0.2) is 65.4 Å². The lowest BCUT2D eigenvalue weighted by atomic mass is 10.2. The molecule has 0 unspecified atom stereocenters. The lowest BCUT2D eigenvalue weighted by Gasteiger charge is -2.27. The van der Waals surface area contributed by atoms with Crippen LogP contribution in [0.4, 0.5) is 10.5 Å². The van der Waals surface area contributed by atoms with Crippen LogP contribution in [0, 0.1) is 0 Å². The summed E-state index contributed by atoms with van der Waals surface area (Å²) in [6.45, 7) is 13.7. The fraction of sp³-hybridized carbons (Fsp3) is 0.625. The summed E-state index contributed by atoms with van der Waals surface area (Å²) < 4.78 is 10.4. The maximum Gasteiger partial charge on any atom is 0.410 e. The summed E-state index contributed by atoms with van der Waals surface area (Å²) in [6.07, 6.45) is 11.1. The fourth-order valence-corrected chi connectivity index (χ4v) is 3.76. The predicted octanol–water partition coefficient (Wildman–Crippen LogP) is 6.07. The Morgan fingerprint density at radius 1 is 1.21 bits per heavy atom. The van der Waals surface area contributed by atoms with E-state index in [1.807, 2.05) is 53.0 Å². The molecule has 0 bridgehead atoms. The number of hydrogen-bond donors (Lipinski definition) is 1. The van der Waals surface area contributed by atoms with Gasteiger partial charge in [-0.3, -0.25) is 0 Å². The minimum absolute atomic E-state index is 0.247. The van der Waals surface area contributed by atoms with Crippen LogP contribution in [0.1, 0.15) is 54.4 Å². The van der Waals surface area contributed by atoms with Gasteiger partial charge in [0.05, 0.1) is 5.69 Å². The third-order valence-electron chi connectivity index (χ3n) is 4.16. The van der Waals surface area contributed by atoms with E-state index in [9.17, 15) is 4.79 Å². The second-order valence-corrected chi connectivity index (χ2v) is 9.96. The van der Waals surface area contributed by atoms with Crippen LogP contribution in [-0.2, 0) is 9.47 Å². The van der Waals surface area contributed by atoms with Crippen LogP contribution in [0.15, 0.2) is 40.2 Å². The van der Waals surface area contributed by atoms with Gasteiger partial charge in [-0.15, -0.1) is 11.8 Å². The van der Waals surface area contributed by atoms with Crippen molar-refractivity contribution in [2.24, 2.45) is 0 Å². The van der Waals surface area contributed by atoms with Crippen LogP contribution in [0.2, 0.25) is 0 Å². The number of anilines is 1. The van der Waals surface area contributed by atoms with Crippen molar-refractivity contribution in [1.82, 2.24) is 14.9 Å². The Hall–Kier alpha value is -1.71. The van der Waals surface area contributed by atoms with E-state index in [4.69, 9.17) is 15.2 Å². The van der Waals surface area contributed by atoms with Crippen LogP contribution in [0.5, 0.6) is 0 Å². The topological polar surface area (TPSA) is 90.6 Å². The van der Waals surface area contributed by atoms with Crippen LogP contribution < -0.4 is 5.73 Å². The first-order chi connectivity index (χ1) is 15.6. The molecular formula is C24H42N4O3S2. The van der Waals surface area contributed by atoms with E-state index in [0.29, 0.717) is 25.4 Å². The maximum atomic E-state index is 12.0. The third kappa shape index (κ3) is 14.9. The number of thioether (sulfide) groups is 2. The number of nitrogens with two attached hydrogens (primary N) is 1. The molecule has 0 aliphatic carbocycles. The standard InChI is InChI=1S/C14H27NO3.C10H15N3S2/c1-6-7-8-10-15(11-9-12-17-5)13(16)18-14(2,3)4;1-4-7(2)5-15-10-8(11)9(14-3)12-6-13-10/h6-7H,8-12H2,1-5H3;4,6H,5,11H2,1-3H3/b7-6-;7-4+. The number of nitrogen functional groups attached to an aromatic ring is 1. The van der Waals surface area contributed by atoms with Gasteiger partial charge in [-0.05, 0) is 60.6 Å². The molecular weight excluding hydrogens is 456 g/mol. The molecule has 0 spiro atoms. The van der Waals surface area contributed by atoms with E-state index >= 15 is 0 Å². The molecule has 0 fully saturated rings. The summed E-state index contributed by atoms with van der Waals surface area (Å²) in [5.41, 5.74) is 7.50. The zero-order valence-electron chi connectivity index (χ0n) is 21.5. The Kier molecular flexibility index (Phi) is 16.8. The number of aromatic nitrogens is 2. The monoisotopic (exact) mass is 498 g/mol. The molecule has 0 aliphatic heterocycles. The SMILES string of the molecule is C/C=C(\C)CSc1ncnc(SC)c1N.C/C=C\CCN(CCCOC)C(=O)OC(C)(C)C. The van der Waals surface area contributed by atoms with Crippen molar-refractivity contribution in [2.75, 3.05) is 44.5 Å². The molecule has 0 saturated carbocycles. The number of ether oxygens (including phenoxy) is 2. The Labute approximate surface area is 209 Å². The lowest BCUT2D eigenvalue weighted by molar-refractivity contribution is 0.0239. The second kappa shape index (κ2) is 17.7. The number of methoxy groups -OCH3 is 1. The van der Waals surface area contributed by atoms with Gasteiger partial charge in [0.2, 0.25) is 0 Å². The first kappa shape index (κ1) is 31.3. The zero-order chi connectivity index (χ0) is 25.3. The number of rotatable bonds is 11. The molecule has 1 aromatic heterocycles. The smallest absolute Gasteiger partial charge is 0.410 e. The van der Waals surface area contributed by atoms with Crippen LogP contribution in [0.3, 0.4) is 0 Å². The molecule has 1 amide bonds. The van der Waals surface area contributed by atoms with Gasteiger partial charge in [0.1, 0.15) is 22.0 Å². The highest BCUT2D eigenvalue weighted by Gasteiger charge is 2.21. The van der Waals surface area contributed by atoms with Crippen molar-refractivity contribution in [3.8, 4) is 0 Å². The molecule has 0 saturated heterocycles.